The van der Waals surface area contributed by atoms with Gasteiger partial charge in [0.1, 0.15) is 11.6 Å². The van der Waals surface area contributed by atoms with Crippen molar-refractivity contribution in [1.29, 1.82) is 0 Å². The number of carboxylic acids is 1. The lowest BCUT2D eigenvalue weighted by Crippen LogP contribution is -2.29. The number of carbonyl (C=O) groups excluding carboxylic acids is 1. The van der Waals surface area contributed by atoms with Gasteiger partial charge in [0.15, 0.2) is 0 Å². The molecule has 0 aliphatic heterocycles. The lowest BCUT2D eigenvalue weighted by molar-refractivity contribution is -0.143. The van der Waals surface area contributed by atoms with E-state index in [1.54, 1.807) is 0 Å². The van der Waals surface area contributed by atoms with Crippen molar-refractivity contribution in [1.82, 2.24) is 0 Å². The number of amides is 1. The number of aliphatic carboxylic acids is 1. The van der Waals surface area contributed by atoms with Crippen LogP contribution in [0.1, 0.15) is 25.7 Å². The maximum absolute atomic E-state index is 13.1. The van der Waals surface area contributed by atoms with Gasteiger partial charge in [-0.1, -0.05) is 0 Å². The smallest absolute Gasteiger partial charge is 0.306 e. The van der Waals surface area contributed by atoms with Crippen molar-refractivity contribution in [2.75, 3.05) is 5.32 Å². The van der Waals surface area contributed by atoms with Gasteiger partial charge in [-0.05, 0) is 37.8 Å². The monoisotopic (exact) mass is 281 g/mol. The van der Waals surface area contributed by atoms with Crippen LogP contribution in [0.4, 0.5) is 10.1 Å². The van der Waals surface area contributed by atoms with Gasteiger partial charge < -0.3 is 15.5 Å². The Morgan fingerprint density at radius 2 is 1.75 bits per heavy atom. The summed E-state index contributed by atoms with van der Waals surface area (Å²) >= 11 is 0. The number of nitrogens with one attached hydrogen (secondary N) is 1. The van der Waals surface area contributed by atoms with Gasteiger partial charge >= 0.3 is 5.97 Å². The number of phenolic OH excluding ortho intramolecular Hbond substituents is 1. The fourth-order valence-electron chi connectivity index (χ4n) is 2.45. The molecule has 1 aliphatic carbocycles. The molecule has 0 atom stereocenters. The molecule has 3 N–H and O–H groups in total. The Hall–Kier alpha value is -2.11. The number of benzene rings is 1. The quantitative estimate of drug-likeness (QED) is 0.742. The summed E-state index contributed by atoms with van der Waals surface area (Å²) in [5, 5.41) is 20.9. The molecule has 5 nitrogen and oxygen atoms in total. The number of anilines is 1. The number of hydrogen-bond acceptors (Lipinski definition) is 3. The Kier molecular flexibility index (Phi) is 4.22. The lowest BCUT2D eigenvalue weighted by atomic mass is 9.81. The van der Waals surface area contributed by atoms with Crippen LogP contribution >= 0.6 is 0 Å². The summed E-state index contributed by atoms with van der Waals surface area (Å²) in [6.07, 6.45) is 1.89. The molecular formula is C14H16FNO4. The molecule has 6 heteroatoms. The average molecular weight is 281 g/mol. The molecule has 0 heterocycles. The van der Waals surface area contributed by atoms with Gasteiger partial charge in [-0.25, -0.2) is 4.39 Å². The van der Waals surface area contributed by atoms with Gasteiger partial charge in [-0.2, -0.15) is 0 Å². The molecule has 0 bridgehead atoms. The molecule has 1 aromatic rings. The van der Waals surface area contributed by atoms with Gasteiger partial charge in [0.25, 0.3) is 0 Å². The molecule has 1 amide bonds. The zero-order chi connectivity index (χ0) is 14.7. The second-order valence-corrected chi connectivity index (χ2v) is 5.04. The van der Waals surface area contributed by atoms with Crippen LogP contribution in [0, 0.1) is 17.7 Å². The molecule has 0 aromatic heterocycles. The Morgan fingerprint density at radius 1 is 1.15 bits per heavy atom. The Morgan fingerprint density at radius 3 is 2.35 bits per heavy atom. The molecule has 1 aliphatic rings. The molecule has 2 rings (SSSR count). The van der Waals surface area contributed by atoms with Crippen molar-refractivity contribution in [2.45, 2.75) is 25.7 Å². The number of hydrogen-bond donors (Lipinski definition) is 3. The molecule has 0 radical (unpaired) electrons. The summed E-state index contributed by atoms with van der Waals surface area (Å²) in [5.74, 6) is -2.57. The van der Waals surface area contributed by atoms with Crippen LogP contribution in [0.15, 0.2) is 18.2 Å². The van der Waals surface area contributed by atoms with Gasteiger partial charge in [-0.15, -0.1) is 0 Å². The maximum atomic E-state index is 13.1. The predicted octanol–water partition coefficient (Wildman–Crippen LogP) is 2.36. The minimum atomic E-state index is -0.827. The molecule has 1 aromatic carbocycles. The van der Waals surface area contributed by atoms with E-state index in [-0.39, 0.29) is 29.2 Å². The van der Waals surface area contributed by atoms with Crippen molar-refractivity contribution in [2.24, 2.45) is 11.8 Å². The van der Waals surface area contributed by atoms with Gasteiger partial charge in [0.05, 0.1) is 11.6 Å². The van der Waals surface area contributed by atoms with Crippen LogP contribution in [0.3, 0.4) is 0 Å². The summed E-state index contributed by atoms with van der Waals surface area (Å²) in [4.78, 5) is 22.8. The summed E-state index contributed by atoms with van der Waals surface area (Å²) < 4.78 is 13.1. The molecule has 1 saturated carbocycles. The van der Waals surface area contributed by atoms with Crippen LogP contribution in [0.5, 0.6) is 5.75 Å². The van der Waals surface area contributed by atoms with E-state index in [0.29, 0.717) is 25.7 Å². The molecule has 108 valence electrons. The zero-order valence-electron chi connectivity index (χ0n) is 10.8. The first-order chi connectivity index (χ1) is 9.47. The number of phenols is 1. The SMILES string of the molecule is O=C(O)C1CCC(C(=O)Nc2cc(F)ccc2O)CC1. The van der Waals surface area contributed by atoms with Crippen LogP contribution in [-0.4, -0.2) is 22.1 Å². The van der Waals surface area contributed by atoms with Crippen molar-refractivity contribution in [3.05, 3.63) is 24.0 Å². The third-order valence-corrected chi connectivity index (χ3v) is 3.66. The highest BCUT2D eigenvalue weighted by molar-refractivity contribution is 5.94. The predicted molar refractivity (Wildman–Crippen MR) is 69.8 cm³/mol. The fourth-order valence-corrected chi connectivity index (χ4v) is 2.45. The number of halogens is 1. The summed E-state index contributed by atoms with van der Waals surface area (Å²) in [7, 11) is 0. The van der Waals surface area contributed by atoms with E-state index in [9.17, 15) is 19.1 Å². The van der Waals surface area contributed by atoms with E-state index in [0.717, 1.165) is 12.1 Å². The summed E-state index contributed by atoms with van der Waals surface area (Å²) in [6, 6.07) is 3.32. The third-order valence-electron chi connectivity index (χ3n) is 3.66. The van der Waals surface area contributed by atoms with Crippen molar-refractivity contribution in [3.8, 4) is 5.75 Å². The lowest BCUT2D eigenvalue weighted by Gasteiger charge is -2.25. The first-order valence-electron chi connectivity index (χ1n) is 6.49. The fraction of sp³-hybridized carbons (Fsp3) is 0.429. The van der Waals surface area contributed by atoms with Crippen LogP contribution in [0.2, 0.25) is 0 Å². The van der Waals surface area contributed by atoms with Gasteiger partial charge in [-0.3, -0.25) is 9.59 Å². The third kappa shape index (κ3) is 3.26. The molecule has 1 fully saturated rings. The summed E-state index contributed by atoms with van der Waals surface area (Å²) in [5.41, 5.74) is 0.0374. The van der Waals surface area contributed by atoms with E-state index in [1.165, 1.54) is 6.07 Å². The Bertz CT molecular complexity index is 524. The van der Waals surface area contributed by atoms with Gasteiger partial charge in [0.2, 0.25) is 5.91 Å². The standard InChI is InChI=1S/C14H16FNO4/c15-10-5-6-12(17)11(7-10)16-13(18)8-1-3-9(4-2-8)14(19)20/h5-9,17H,1-4H2,(H,16,18)(H,19,20). The largest absolute Gasteiger partial charge is 0.506 e. The highest BCUT2D eigenvalue weighted by Gasteiger charge is 2.29. The minimum absolute atomic E-state index is 0.0374. The van der Waals surface area contributed by atoms with E-state index in [2.05, 4.69) is 5.32 Å². The molecule has 0 spiro atoms. The Labute approximate surface area is 115 Å². The van der Waals surface area contributed by atoms with Gasteiger partial charge in [0, 0.05) is 12.0 Å². The van der Waals surface area contributed by atoms with Crippen LogP contribution < -0.4 is 5.32 Å². The maximum Gasteiger partial charge on any atom is 0.306 e. The molecular weight excluding hydrogens is 265 g/mol. The van der Waals surface area contributed by atoms with E-state index in [4.69, 9.17) is 5.11 Å². The van der Waals surface area contributed by atoms with Crippen LogP contribution in [0.25, 0.3) is 0 Å². The van der Waals surface area contributed by atoms with Crippen LogP contribution in [-0.2, 0) is 9.59 Å². The first kappa shape index (κ1) is 14.3. The zero-order valence-corrected chi connectivity index (χ0v) is 10.8. The second kappa shape index (κ2) is 5.90. The highest BCUT2D eigenvalue weighted by atomic mass is 19.1. The minimum Gasteiger partial charge on any atom is -0.506 e. The normalized spacial score (nSPS) is 22.2. The van der Waals surface area contributed by atoms with E-state index < -0.39 is 11.8 Å². The number of aromatic hydroxyl groups is 1. The Balaban J connectivity index is 1.96. The van der Waals surface area contributed by atoms with Crippen molar-refractivity contribution >= 4 is 17.6 Å². The second-order valence-electron chi connectivity index (χ2n) is 5.04. The average Bonchev–Trinajstić information content (AvgIpc) is 2.43. The topological polar surface area (TPSA) is 86.6 Å². The summed E-state index contributed by atoms with van der Waals surface area (Å²) in [6.45, 7) is 0. The molecule has 20 heavy (non-hydrogen) atoms. The van der Waals surface area contributed by atoms with E-state index >= 15 is 0 Å². The first-order valence-corrected chi connectivity index (χ1v) is 6.49. The van der Waals surface area contributed by atoms with E-state index in [1.807, 2.05) is 0 Å². The highest BCUT2D eigenvalue weighted by Crippen LogP contribution is 2.31. The number of carboxylic acid groups (broad SMARTS) is 1. The molecule has 0 unspecified atom stereocenters. The van der Waals surface area contributed by atoms with Crippen molar-refractivity contribution < 1.29 is 24.2 Å². The van der Waals surface area contributed by atoms with Crippen molar-refractivity contribution in [3.63, 3.8) is 0 Å². The number of carbonyl (C=O) groups is 2. The molecule has 0 saturated heterocycles. The number of rotatable bonds is 3.